The van der Waals surface area contributed by atoms with Crippen LogP contribution in [0.15, 0.2) is 18.2 Å². The Morgan fingerprint density at radius 1 is 1.29 bits per heavy atom. The molecule has 0 aliphatic heterocycles. The highest BCUT2D eigenvalue weighted by molar-refractivity contribution is 5.36. The van der Waals surface area contributed by atoms with E-state index in [1.54, 1.807) is 12.1 Å². The predicted molar refractivity (Wildman–Crippen MR) is 65.5 cm³/mol. The number of quaternary nitrogens is 1. The van der Waals surface area contributed by atoms with Crippen LogP contribution in [-0.2, 0) is 6.61 Å². The van der Waals surface area contributed by atoms with Gasteiger partial charge in [0, 0.05) is 5.56 Å². The van der Waals surface area contributed by atoms with Crippen LogP contribution < -0.4 is 5.32 Å². The van der Waals surface area contributed by atoms with Gasteiger partial charge in [-0.15, -0.1) is 0 Å². The first-order valence-electron chi connectivity index (χ1n) is 5.78. The molecule has 1 aromatic rings. The van der Waals surface area contributed by atoms with Crippen LogP contribution in [0.1, 0.15) is 38.0 Å². The maximum absolute atomic E-state index is 10.0. The quantitative estimate of drug-likeness (QED) is 0.610. The summed E-state index contributed by atoms with van der Waals surface area (Å²) in [6.45, 7) is 6.57. The van der Waals surface area contributed by atoms with Crippen LogP contribution in [0.2, 0.25) is 0 Å². The largest absolute Gasteiger partial charge is 0.508 e. The summed E-state index contributed by atoms with van der Waals surface area (Å²) in [4.78, 5) is 0. The molecule has 1 aromatic carbocycles. The Morgan fingerprint density at radius 2 is 1.94 bits per heavy atom. The predicted octanol–water partition coefficient (Wildman–Crippen LogP) is 0.280. The number of hydrogen-bond acceptors (Lipinski definition) is 3. The average molecular weight is 240 g/mol. The van der Waals surface area contributed by atoms with Gasteiger partial charge >= 0.3 is 0 Å². The summed E-state index contributed by atoms with van der Waals surface area (Å²) in [5, 5.41) is 30.5. The molecule has 0 heterocycles. The van der Waals surface area contributed by atoms with Crippen molar-refractivity contribution in [2.75, 3.05) is 6.54 Å². The van der Waals surface area contributed by atoms with Crippen molar-refractivity contribution in [3.05, 3.63) is 29.3 Å². The number of aromatic hydroxyl groups is 1. The van der Waals surface area contributed by atoms with Crippen LogP contribution in [0.5, 0.6) is 5.75 Å². The van der Waals surface area contributed by atoms with Gasteiger partial charge in [0.1, 0.15) is 18.4 Å². The second-order valence-corrected chi connectivity index (χ2v) is 5.37. The molecule has 0 saturated carbocycles. The van der Waals surface area contributed by atoms with Gasteiger partial charge in [0.25, 0.3) is 0 Å². The molecule has 17 heavy (non-hydrogen) atoms. The zero-order valence-electron chi connectivity index (χ0n) is 10.6. The Bertz CT molecular complexity index is 371. The number of nitrogens with two attached hydrogens (primary N) is 1. The molecule has 96 valence electrons. The van der Waals surface area contributed by atoms with Gasteiger partial charge in [-0.1, -0.05) is 6.07 Å². The maximum atomic E-state index is 10.0. The Kier molecular flexibility index (Phi) is 4.51. The zero-order valence-corrected chi connectivity index (χ0v) is 10.6. The highest BCUT2D eigenvalue weighted by Gasteiger charge is 2.17. The molecule has 0 spiro atoms. The van der Waals surface area contributed by atoms with Crippen molar-refractivity contribution in [2.45, 2.75) is 39.0 Å². The lowest BCUT2D eigenvalue weighted by Crippen LogP contribution is -2.95. The normalized spacial score (nSPS) is 13.7. The molecule has 0 aromatic heterocycles. The average Bonchev–Trinajstić information content (AvgIpc) is 2.25. The van der Waals surface area contributed by atoms with Crippen LogP contribution in [0.3, 0.4) is 0 Å². The number of benzene rings is 1. The standard InChI is InChI=1S/C13H21NO3/c1-13(2,3)14-7-12(17)9-4-5-11(16)10(6-9)8-15/h4-6,12,14-17H,7-8H2,1-3H3/p+1/t12-/m1/s1. The first-order valence-corrected chi connectivity index (χ1v) is 5.78. The molecule has 1 rings (SSSR count). The summed E-state index contributed by atoms with van der Waals surface area (Å²) in [6.07, 6.45) is -0.597. The van der Waals surface area contributed by atoms with Gasteiger partial charge in [-0.25, -0.2) is 0 Å². The monoisotopic (exact) mass is 240 g/mol. The third-order valence-corrected chi connectivity index (χ3v) is 2.61. The fourth-order valence-corrected chi connectivity index (χ4v) is 1.54. The maximum Gasteiger partial charge on any atom is 0.128 e. The summed E-state index contributed by atoms with van der Waals surface area (Å²) < 4.78 is 0. The van der Waals surface area contributed by atoms with E-state index in [2.05, 4.69) is 26.1 Å². The van der Waals surface area contributed by atoms with E-state index in [0.29, 0.717) is 17.7 Å². The van der Waals surface area contributed by atoms with E-state index in [9.17, 15) is 10.2 Å². The van der Waals surface area contributed by atoms with Crippen LogP contribution in [0.4, 0.5) is 0 Å². The molecule has 0 bridgehead atoms. The van der Waals surface area contributed by atoms with Crippen LogP contribution >= 0.6 is 0 Å². The molecular formula is C13H22NO3+. The lowest BCUT2D eigenvalue weighted by Gasteiger charge is -2.20. The molecular weight excluding hydrogens is 218 g/mol. The van der Waals surface area contributed by atoms with Gasteiger partial charge in [0.15, 0.2) is 0 Å². The van der Waals surface area contributed by atoms with Crippen molar-refractivity contribution >= 4 is 0 Å². The molecule has 0 aliphatic carbocycles. The van der Waals surface area contributed by atoms with Crippen molar-refractivity contribution < 1.29 is 20.6 Å². The van der Waals surface area contributed by atoms with Gasteiger partial charge < -0.3 is 20.6 Å². The SMILES string of the molecule is CC(C)(C)[NH2+]C[C@@H](O)c1ccc(O)c(CO)c1. The second kappa shape index (κ2) is 5.49. The number of hydrogen-bond donors (Lipinski definition) is 4. The lowest BCUT2D eigenvalue weighted by molar-refractivity contribution is -0.722. The molecule has 0 radical (unpaired) electrons. The summed E-state index contributed by atoms with van der Waals surface area (Å²) in [5.41, 5.74) is 1.22. The minimum absolute atomic E-state index is 0.0586. The third-order valence-electron chi connectivity index (χ3n) is 2.61. The van der Waals surface area contributed by atoms with Gasteiger partial charge in [-0.3, -0.25) is 0 Å². The minimum atomic E-state index is -0.597. The molecule has 0 amide bonds. The third kappa shape index (κ3) is 4.34. The van der Waals surface area contributed by atoms with Crippen molar-refractivity contribution in [2.24, 2.45) is 0 Å². The van der Waals surface area contributed by atoms with E-state index in [1.165, 1.54) is 6.07 Å². The topological polar surface area (TPSA) is 77.3 Å². The van der Waals surface area contributed by atoms with Crippen molar-refractivity contribution in [3.63, 3.8) is 0 Å². The van der Waals surface area contributed by atoms with E-state index in [-0.39, 0.29) is 17.9 Å². The number of aliphatic hydroxyl groups is 2. The number of phenols is 1. The van der Waals surface area contributed by atoms with Gasteiger partial charge in [-0.05, 0) is 38.5 Å². The molecule has 0 saturated heterocycles. The molecule has 5 N–H and O–H groups in total. The highest BCUT2D eigenvalue weighted by atomic mass is 16.3. The number of rotatable bonds is 4. The molecule has 1 atom stereocenters. The van der Waals surface area contributed by atoms with E-state index in [1.807, 2.05) is 0 Å². The summed E-state index contributed by atoms with van der Waals surface area (Å²) in [6, 6.07) is 4.81. The van der Waals surface area contributed by atoms with Crippen molar-refractivity contribution in [1.29, 1.82) is 0 Å². The van der Waals surface area contributed by atoms with E-state index >= 15 is 0 Å². The van der Waals surface area contributed by atoms with Crippen LogP contribution in [-0.4, -0.2) is 27.4 Å². The first-order chi connectivity index (χ1) is 7.83. The van der Waals surface area contributed by atoms with E-state index in [0.717, 1.165) is 0 Å². The van der Waals surface area contributed by atoms with E-state index < -0.39 is 6.10 Å². The number of aliphatic hydroxyl groups excluding tert-OH is 2. The lowest BCUT2D eigenvalue weighted by atomic mass is 10.0. The molecule has 4 nitrogen and oxygen atoms in total. The molecule has 4 heteroatoms. The van der Waals surface area contributed by atoms with Gasteiger partial charge in [-0.2, -0.15) is 0 Å². The highest BCUT2D eigenvalue weighted by Crippen LogP contribution is 2.21. The van der Waals surface area contributed by atoms with Crippen molar-refractivity contribution in [3.8, 4) is 5.75 Å². The summed E-state index contributed by atoms with van der Waals surface area (Å²) in [7, 11) is 0. The fourth-order valence-electron chi connectivity index (χ4n) is 1.54. The zero-order chi connectivity index (χ0) is 13.1. The van der Waals surface area contributed by atoms with Gasteiger partial charge in [0.05, 0.1) is 12.1 Å². The molecule has 0 fully saturated rings. The van der Waals surface area contributed by atoms with Crippen LogP contribution in [0, 0.1) is 0 Å². The summed E-state index contributed by atoms with van der Waals surface area (Å²) >= 11 is 0. The smallest absolute Gasteiger partial charge is 0.128 e. The minimum Gasteiger partial charge on any atom is -0.508 e. The van der Waals surface area contributed by atoms with E-state index in [4.69, 9.17) is 5.11 Å². The second-order valence-electron chi connectivity index (χ2n) is 5.37. The Balaban J connectivity index is 2.72. The summed E-state index contributed by atoms with van der Waals surface area (Å²) in [5.74, 6) is 0.0586. The van der Waals surface area contributed by atoms with Crippen LogP contribution in [0.25, 0.3) is 0 Å². The Morgan fingerprint density at radius 3 is 2.47 bits per heavy atom. The molecule has 0 unspecified atom stereocenters. The first kappa shape index (κ1) is 14.0. The Labute approximate surface area is 102 Å². The fraction of sp³-hybridized carbons (Fsp3) is 0.538. The molecule has 0 aliphatic rings. The Hall–Kier alpha value is -1.10. The van der Waals surface area contributed by atoms with Gasteiger partial charge in [0.2, 0.25) is 0 Å². The van der Waals surface area contributed by atoms with Crippen molar-refractivity contribution in [1.82, 2.24) is 0 Å².